The van der Waals surface area contributed by atoms with Crippen LogP contribution in [0.4, 0.5) is 0 Å². The van der Waals surface area contributed by atoms with Crippen molar-refractivity contribution in [1.29, 1.82) is 0 Å². The molecule has 0 rings (SSSR count). The maximum atomic E-state index is 5.37. The molecule has 0 saturated heterocycles. The monoisotopic (exact) mass is 222 g/mol. The molecule has 0 aromatic carbocycles. The summed E-state index contributed by atoms with van der Waals surface area (Å²) in [7, 11) is 0. The van der Waals surface area contributed by atoms with Crippen molar-refractivity contribution in [3.63, 3.8) is 0 Å². The first-order chi connectivity index (χ1) is 5.63. The van der Waals surface area contributed by atoms with Crippen molar-refractivity contribution < 1.29 is 9.47 Å². The third-order valence-corrected chi connectivity index (χ3v) is 1.52. The largest absolute Gasteiger partial charge is 0.379 e. The molecule has 0 aliphatic carbocycles. The van der Waals surface area contributed by atoms with Gasteiger partial charge in [-0.1, -0.05) is 36.1 Å². The molecular weight excluding hydrogens is 188 g/mol. The van der Waals surface area contributed by atoms with Gasteiger partial charge in [-0.25, -0.2) is 0 Å². The molecule has 0 unspecified atom stereocenters. The topological polar surface area (TPSA) is 18.5 Å². The van der Waals surface area contributed by atoms with E-state index in [0.29, 0.717) is 6.10 Å². The minimum absolute atomic E-state index is 0. The lowest BCUT2D eigenvalue weighted by atomic mass is 10.1. The van der Waals surface area contributed by atoms with E-state index in [2.05, 4.69) is 13.8 Å². The van der Waals surface area contributed by atoms with Crippen LogP contribution in [0.25, 0.3) is 0 Å². The zero-order chi connectivity index (χ0) is 9.40. The van der Waals surface area contributed by atoms with Crippen molar-refractivity contribution in [2.45, 2.75) is 62.5 Å². The zero-order valence-corrected chi connectivity index (χ0v) is 8.80. The molecule has 0 fully saturated rings. The van der Waals surface area contributed by atoms with E-state index in [4.69, 9.17) is 9.47 Å². The van der Waals surface area contributed by atoms with E-state index < -0.39 is 0 Å². The molecule has 0 aromatic heterocycles. The van der Waals surface area contributed by atoms with Crippen LogP contribution in [0.3, 0.4) is 0 Å². The lowest BCUT2D eigenvalue weighted by Crippen LogP contribution is -2.10. The Balaban J connectivity index is -0.000000202. The second-order valence-electron chi connectivity index (χ2n) is 3.71. The highest BCUT2D eigenvalue weighted by molar-refractivity contribution is 4.43. The van der Waals surface area contributed by atoms with Crippen molar-refractivity contribution >= 4 is 0 Å². The van der Waals surface area contributed by atoms with E-state index in [9.17, 15) is 0 Å². The average Bonchev–Trinajstić information content (AvgIpc) is 1.95. The predicted octanol–water partition coefficient (Wildman–Crippen LogP) is 4.38. The van der Waals surface area contributed by atoms with Crippen molar-refractivity contribution in [2.24, 2.45) is 5.92 Å². The molecule has 0 aromatic rings. The third-order valence-electron chi connectivity index (χ3n) is 1.52. The molecule has 98 valence electrons. The van der Waals surface area contributed by atoms with Crippen molar-refractivity contribution in [2.75, 3.05) is 19.8 Å². The number of rotatable bonds is 7. The molecule has 15 heavy (non-hydrogen) atoms. The van der Waals surface area contributed by atoms with E-state index in [1.807, 2.05) is 13.8 Å². The SMILES string of the molecule is C.C.C.CC(C)CCOCCOC(C)C. The Labute approximate surface area is 98.4 Å². The van der Waals surface area contributed by atoms with Crippen LogP contribution >= 0.6 is 0 Å². The third kappa shape index (κ3) is 24.9. The van der Waals surface area contributed by atoms with Crippen LogP contribution in [0.2, 0.25) is 0 Å². The van der Waals surface area contributed by atoms with Gasteiger partial charge in [-0.15, -0.1) is 0 Å². The first-order valence-electron chi connectivity index (χ1n) is 4.82. The molecule has 0 aliphatic heterocycles. The molecule has 0 heterocycles. The smallest absolute Gasteiger partial charge is 0.0703 e. The normalized spacial score (nSPS) is 9.20. The molecule has 0 atom stereocenters. The zero-order valence-electron chi connectivity index (χ0n) is 8.80. The first kappa shape index (κ1) is 24.2. The Morgan fingerprint density at radius 3 is 1.73 bits per heavy atom. The second kappa shape index (κ2) is 16.4. The molecule has 2 heteroatoms. The molecule has 0 radical (unpaired) electrons. The van der Waals surface area contributed by atoms with Crippen LogP contribution in [-0.2, 0) is 9.47 Å². The van der Waals surface area contributed by atoms with Gasteiger partial charge >= 0.3 is 0 Å². The van der Waals surface area contributed by atoms with Crippen LogP contribution in [0.15, 0.2) is 0 Å². The Kier molecular flexibility index (Phi) is 26.4. The van der Waals surface area contributed by atoms with Gasteiger partial charge in [0.1, 0.15) is 0 Å². The summed E-state index contributed by atoms with van der Waals surface area (Å²) in [6.07, 6.45) is 1.46. The standard InChI is InChI=1S/C10H22O2.3CH4/c1-9(2)5-6-11-7-8-12-10(3)4;;;/h9-10H,5-8H2,1-4H3;3*1H4. The fourth-order valence-corrected chi connectivity index (χ4v) is 0.764. The van der Waals surface area contributed by atoms with Gasteiger partial charge in [0.2, 0.25) is 0 Å². The summed E-state index contributed by atoms with van der Waals surface area (Å²) < 4.78 is 10.7. The maximum Gasteiger partial charge on any atom is 0.0703 e. The Morgan fingerprint density at radius 2 is 1.33 bits per heavy atom. The number of hydrogen-bond donors (Lipinski definition) is 0. The van der Waals surface area contributed by atoms with Gasteiger partial charge in [0, 0.05) is 6.61 Å². The molecule has 2 nitrogen and oxygen atoms in total. The Bertz CT molecular complexity index is 78.5. The maximum absolute atomic E-state index is 5.37. The van der Waals surface area contributed by atoms with Crippen molar-refractivity contribution in [1.82, 2.24) is 0 Å². The average molecular weight is 222 g/mol. The highest BCUT2D eigenvalue weighted by Crippen LogP contribution is 1.98. The van der Waals surface area contributed by atoms with Crippen molar-refractivity contribution in [3.05, 3.63) is 0 Å². The number of ether oxygens (including phenoxy) is 2. The van der Waals surface area contributed by atoms with Gasteiger partial charge in [-0.2, -0.15) is 0 Å². The molecule has 0 amide bonds. The quantitative estimate of drug-likeness (QED) is 0.595. The van der Waals surface area contributed by atoms with Crippen LogP contribution in [0.1, 0.15) is 56.4 Å². The molecule has 0 N–H and O–H groups in total. The van der Waals surface area contributed by atoms with E-state index in [1.54, 1.807) is 0 Å². The lowest BCUT2D eigenvalue weighted by Gasteiger charge is -2.08. The summed E-state index contributed by atoms with van der Waals surface area (Å²) in [6.45, 7) is 10.8. The molecule has 0 bridgehead atoms. The molecule has 0 aliphatic rings. The van der Waals surface area contributed by atoms with Gasteiger partial charge in [-0.05, 0) is 26.2 Å². The number of hydrogen-bond acceptors (Lipinski definition) is 2. The van der Waals surface area contributed by atoms with Crippen LogP contribution in [0, 0.1) is 5.92 Å². The lowest BCUT2D eigenvalue weighted by molar-refractivity contribution is 0.0171. The minimum atomic E-state index is 0. The van der Waals surface area contributed by atoms with E-state index in [0.717, 1.165) is 32.2 Å². The van der Waals surface area contributed by atoms with E-state index in [-0.39, 0.29) is 22.3 Å². The van der Waals surface area contributed by atoms with Crippen LogP contribution < -0.4 is 0 Å². The summed E-state index contributed by atoms with van der Waals surface area (Å²) >= 11 is 0. The highest BCUT2D eigenvalue weighted by atomic mass is 16.5. The highest BCUT2D eigenvalue weighted by Gasteiger charge is 1.95. The summed E-state index contributed by atoms with van der Waals surface area (Å²) in [6, 6.07) is 0. The van der Waals surface area contributed by atoms with Gasteiger partial charge in [0.15, 0.2) is 0 Å². The summed E-state index contributed by atoms with van der Waals surface area (Å²) in [4.78, 5) is 0. The Hall–Kier alpha value is -0.0800. The fraction of sp³-hybridized carbons (Fsp3) is 1.00. The van der Waals surface area contributed by atoms with Gasteiger partial charge in [0.05, 0.1) is 19.3 Å². The van der Waals surface area contributed by atoms with E-state index in [1.165, 1.54) is 0 Å². The second-order valence-corrected chi connectivity index (χ2v) is 3.71. The van der Waals surface area contributed by atoms with Gasteiger partial charge in [-0.3, -0.25) is 0 Å². The molecular formula is C13H34O2. The van der Waals surface area contributed by atoms with E-state index >= 15 is 0 Å². The van der Waals surface area contributed by atoms with Gasteiger partial charge in [0.25, 0.3) is 0 Å². The molecule has 0 saturated carbocycles. The van der Waals surface area contributed by atoms with Crippen LogP contribution in [0.5, 0.6) is 0 Å². The first-order valence-corrected chi connectivity index (χ1v) is 4.82. The fourth-order valence-electron chi connectivity index (χ4n) is 0.764. The molecule has 0 spiro atoms. The summed E-state index contributed by atoms with van der Waals surface area (Å²) in [5.74, 6) is 0.732. The Morgan fingerprint density at radius 1 is 0.800 bits per heavy atom. The van der Waals surface area contributed by atoms with Crippen molar-refractivity contribution in [3.8, 4) is 0 Å². The minimum Gasteiger partial charge on any atom is -0.379 e. The summed E-state index contributed by atoms with van der Waals surface area (Å²) in [5, 5.41) is 0. The van der Waals surface area contributed by atoms with Crippen LogP contribution in [-0.4, -0.2) is 25.9 Å². The predicted molar refractivity (Wildman–Crippen MR) is 71.6 cm³/mol. The van der Waals surface area contributed by atoms with Gasteiger partial charge < -0.3 is 9.47 Å². The summed E-state index contributed by atoms with van der Waals surface area (Å²) in [5.41, 5.74) is 0.